The Morgan fingerprint density at radius 3 is 2.54 bits per heavy atom. The topological polar surface area (TPSA) is 55.8 Å². The molecule has 1 aromatic rings. The van der Waals surface area contributed by atoms with E-state index in [-0.39, 0.29) is 36.3 Å². The number of halogens is 1. The first kappa shape index (κ1) is 18.2. The summed E-state index contributed by atoms with van der Waals surface area (Å²) in [5.74, 6) is -0.442. The lowest BCUT2D eigenvalue weighted by atomic mass is 9.86. The molecule has 6 heteroatoms. The maximum Gasteiger partial charge on any atom is 0.315 e. The van der Waals surface area contributed by atoms with E-state index in [1.54, 1.807) is 17.9 Å². The van der Waals surface area contributed by atoms with E-state index < -0.39 is 5.97 Å². The zero-order valence-electron chi connectivity index (χ0n) is 14.6. The summed E-state index contributed by atoms with van der Waals surface area (Å²) in [7, 11) is 0. The summed E-state index contributed by atoms with van der Waals surface area (Å²) >= 11 is 0. The van der Waals surface area contributed by atoms with Crippen LogP contribution in [0, 0.1) is 5.82 Å². The van der Waals surface area contributed by atoms with Gasteiger partial charge >= 0.3 is 5.97 Å². The molecule has 0 N–H and O–H groups in total. The minimum Gasteiger partial charge on any atom is -0.486 e. The van der Waals surface area contributed by atoms with Crippen molar-refractivity contribution in [3.63, 3.8) is 0 Å². The first-order valence-electron chi connectivity index (χ1n) is 8.10. The van der Waals surface area contributed by atoms with Gasteiger partial charge in [-0.15, -0.1) is 0 Å². The number of likely N-dealkylation sites (tertiary alicyclic amines) is 1. The Morgan fingerprint density at radius 1 is 1.29 bits per heavy atom. The van der Waals surface area contributed by atoms with Crippen LogP contribution in [0.15, 0.2) is 18.2 Å². The number of nitrogens with zero attached hydrogens (tertiary/aromatic N) is 1. The largest absolute Gasteiger partial charge is 0.486 e. The summed E-state index contributed by atoms with van der Waals surface area (Å²) in [6, 6.07) is 4.48. The van der Waals surface area contributed by atoms with Gasteiger partial charge in [-0.1, -0.05) is 20.8 Å². The number of benzene rings is 1. The van der Waals surface area contributed by atoms with E-state index in [4.69, 9.17) is 9.47 Å². The van der Waals surface area contributed by atoms with E-state index >= 15 is 0 Å². The van der Waals surface area contributed by atoms with Crippen LogP contribution < -0.4 is 4.74 Å². The molecule has 0 aromatic heterocycles. The fourth-order valence-electron chi connectivity index (χ4n) is 2.53. The van der Waals surface area contributed by atoms with Crippen molar-refractivity contribution < 1.29 is 23.5 Å². The van der Waals surface area contributed by atoms with Gasteiger partial charge in [-0.3, -0.25) is 9.59 Å². The molecule has 1 fully saturated rings. The summed E-state index contributed by atoms with van der Waals surface area (Å²) < 4.78 is 24.2. The second-order valence-corrected chi connectivity index (χ2v) is 6.91. The molecular weight excluding hydrogens is 313 g/mol. The van der Waals surface area contributed by atoms with Crippen molar-refractivity contribution in [2.45, 2.75) is 45.6 Å². The number of ether oxygens (including phenoxy) is 2. The molecule has 0 spiro atoms. The van der Waals surface area contributed by atoms with Crippen LogP contribution >= 0.6 is 0 Å². The number of esters is 1. The van der Waals surface area contributed by atoms with E-state index in [1.165, 1.54) is 12.1 Å². The van der Waals surface area contributed by atoms with Crippen LogP contribution in [0.5, 0.6) is 5.75 Å². The fraction of sp³-hybridized carbons (Fsp3) is 0.556. The first-order valence-corrected chi connectivity index (χ1v) is 8.10. The smallest absolute Gasteiger partial charge is 0.315 e. The van der Waals surface area contributed by atoms with Gasteiger partial charge in [0.1, 0.15) is 24.1 Å². The molecule has 5 nitrogen and oxygen atoms in total. The van der Waals surface area contributed by atoms with Gasteiger partial charge in [0.05, 0.1) is 19.7 Å². The Morgan fingerprint density at radius 2 is 1.96 bits per heavy atom. The minimum atomic E-state index is -0.513. The van der Waals surface area contributed by atoms with Crippen LogP contribution in [0.4, 0.5) is 4.39 Å². The molecule has 1 aliphatic rings. The van der Waals surface area contributed by atoms with Gasteiger partial charge in [0, 0.05) is 5.56 Å². The molecule has 1 amide bonds. The van der Waals surface area contributed by atoms with E-state index in [1.807, 2.05) is 20.8 Å². The van der Waals surface area contributed by atoms with Crippen LogP contribution in [0.25, 0.3) is 0 Å². The van der Waals surface area contributed by atoms with Crippen LogP contribution in [0.1, 0.15) is 39.7 Å². The number of rotatable bonds is 5. The fourth-order valence-corrected chi connectivity index (χ4v) is 2.53. The number of carbonyl (C=O) groups excluding carboxylic acids is 2. The van der Waals surface area contributed by atoms with Crippen molar-refractivity contribution >= 4 is 11.9 Å². The number of amides is 1. The highest BCUT2D eigenvalue weighted by Crippen LogP contribution is 2.33. The first-order chi connectivity index (χ1) is 11.2. The maximum absolute atomic E-state index is 13.5. The van der Waals surface area contributed by atoms with Crippen molar-refractivity contribution in [1.82, 2.24) is 4.90 Å². The SMILES string of the molecule is CCOC(=O)CC(=O)N1CC(Oc2ccc(F)cc2C(C)(C)C)C1. The van der Waals surface area contributed by atoms with Crippen LogP contribution in [-0.2, 0) is 19.7 Å². The second-order valence-electron chi connectivity index (χ2n) is 6.91. The number of hydrogen-bond acceptors (Lipinski definition) is 4. The summed E-state index contributed by atoms with van der Waals surface area (Å²) in [5, 5.41) is 0. The van der Waals surface area contributed by atoms with E-state index in [0.29, 0.717) is 18.8 Å². The van der Waals surface area contributed by atoms with Crippen LogP contribution in [0.3, 0.4) is 0 Å². The van der Waals surface area contributed by atoms with E-state index in [2.05, 4.69) is 0 Å². The summed E-state index contributed by atoms with van der Waals surface area (Å²) in [5.41, 5.74) is 0.541. The predicted molar refractivity (Wildman–Crippen MR) is 87.3 cm³/mol. The van der Waals surface area contributed by atoms with Gasteiger partial charge < -0.3 is 14.4 Å². The van der Waals surface area contributed by atoms with Crippen LogP contribution in [-0.4, -0.2) is 42.6 Å². The van der Waals surface area contributed by atoms with Gasteiger partial charge in [-0.2, -0.15) is 0 Å². The molecule has 1 aromatic carbocycles. The molecule has 132 valence electrons. The van der Waals surface area contributed by atoms with Gasteiger partial charge in [-0.05, 0) is 30.5 Å². The van der Waals surface area contributed by atoms with Gasteiger partial charge in [-0.25, -0.2) is 4.39 Å². The molecule has 0 aliphatic carbocycles. The minimum absolute atomic E-state index is 0.150. The normalized spacial score (nSPS) is 15.0. The summed E-state index contributed by atoms with van der Waals surface area (Å²) in [4.78, 5) is 24.8. The highest BCUT2D eigenvalue weighted by Gasteiger charge is 2.34. The summed E-state index contributed by atoms with van der Waals surface area (Å²) in [6.07, 6.45) is -0.396. The van der Waals surface area contributed by atoms with Crippen molar-refractivity contribution in [2.24, 2.45) is 0 Å². The lowest BCUT2D eigenvalue weighted by molar-refractivity contribution is -0.152. The molecule has 24 heavy (non-hydrogen) atoms. The Balaban J connectivity index is 1.92. The number of hydrogen-bond donors (Lipinski definition) is 0. The highest BCUT2D eigenvalue weighted by atomic mass is 19.1. The molecule has 2 rings (SSSR count). The predicted octanol–water partition coefficient (Wildman–Crippen LogP) is 2.67. The quantitative estimate of drug-likeness (QED) is 0.612. The van der Waals surface area contributed by atoms with Crippen LogP contribution in [0.2, 0.25) is 0 Å². The average molecular weight is 337 g/mol. The lowest BCUT2D eigenvalue weighted by Crippen LogP contribution is -2.56. The third-order valence-electron chi connectivity index (χ3n) is 3.84. The van der Waals surface area contributed by atoms with Gasteiger partial charge in [0.2, 0.25) is 5.91 Å². The van der Waals surface area contributed by atoms with Crippen molar-refractivity contribution in [2.75, 3.05) is 19.7 Å². The Bertz CT molecular complexity index is 618. The molecule has 0 radical (unpaired) electrons. The molecule has 0 atom stereocenters. The Kier molecular flexibility index (Phi) is 5.47. The third-order valence-corrected chi connectivity index (χ3v) is 3.84. The van der Waals surface area contributed by atoms with E-state index in [0.717, 1.165) is 5.56 Å². The molecule has 1 heterocycles. The van der Waals surface area contributed by atoms with Crippen molar-refractivity contribution in [3.8, 4) is 5.75 Å². The number of carbonyl (C=O) groups is 2. The lowest BCUT2D eigenvalue weighted by Gasteiger charge is -2.39. The van der Waals surface area contributed by atoms with Crippen molar-refractivity contribution in [1.29, 1.82) is 0 Å². The molecule has 1 saturated heterocycles. The average Bonchev–Trinajstić information content (AvgIpc) is 2.42. The molecule has 0 unspecified atom stereocenters. The molecule has 1 aliphatic heterocycles. The zero-order chi connectivity index (χ0) is 17.9. The Labute approximate surface area is 141 Å². The third kappa shape index (κ3) is 4.46. The standard InChI is InChI=1S/C18H24FNO4/c1-5-23-17(22)9-16(21)20-10-13(11-20)24-15-7-6-12(19)8-14(15)18(2,3)4/h6-8,13H,5,9-11H2,1-4H3. The molecule has 0 bridgehead atoms. The zero-order valence-corrected chi connectivity index (χ0v) is 14.6. The summed E-state index contributed by atoms with van der Waals surface area (Å²) in [6.45, 7) is 8.77. The molecular formula is C18H24FNO4. The van der Waals surface area contributed by atoms with Crippen molar-refractivity contribution in [3.05, 3.63) is 29.6 Å². The highest BCUT2D eigenvalue weighted by molar-refractivity contribution is 5.94. The monoisotopic (exact) mass is 337 g/mol. The Hall–Kier alpha value is -2.11. The molecule has 0 saturated carbocycles. The van der Waals surface area contributed by atoms with E-state index in [9.17, 15) is 14.0 Å². The van der Waals surface area contributed by atoms with Gasteiger partial charge in [0.25, 0.3) is 0 Å². The van der Waals surface area contributed by atoms with Gasteiger partial charge in [0.15, 0.2) is 0 Å². The second kappa shape index (κ2) is 7.20. The maximum atomic E-state index is 13.5.